The first-order valence-corrected chi connectivity index (χ1v) is 12.4. The Morgan fingerprint density at radius 2 is 1.57 bits per heavy atom. The molecule has 188 valence electrons. The first kappa shape index (κ1) is 24.3. The average molecular weight is 517 g/mol. The highest BCUT2D eigenvalue weighted by atomic mass is 32.1. The van der Waals surface area contributed by atoms with E-state index in [1.165, 1.54) is 16.2 Å². The van der Waals surface area contributed by atoms with Crippen molar-refractivity contribution >= 4 is 44.1 Å². The summed E-state index contributed by atoms with van der Waals surface area (Å²) in [5.74, 6) is 0.0924. The summed E-state index contributed by atoms with van der Waals surface area (Å²) in [4.78, 5) is 32.8. The van der Waals surface area contributed by atoms with Gasteiger partial charge in [-0.1, -0.05) is 23.5 Å². The predicted molar refractivity (Wildman–Crippen MR) is 142 cm³/mol. The zero-order valence-corrected chi connectivity index (χ0v) is 21.2. The second-order valence-electron chi connectivity index (χ2n) is 8.23. The normalized spacial score (nSPS) is 16.8. The van der Waals surface area contributed by atoms with E-state index < -0.39 is 17.7 Å². The molecule has 3 aromatic carbocycles. The highest BCUT2D eigenvalue weighted by molar-refractivity contribution is 7.22. The minimum atomic E-state index is -0.889. The first-order chi connectivity index (χ1) is 17.9. The molecular weight excluding hydrogens is 492 g/mol. The lowest BCUT2D eigenvalue weighted by molar-refractivity contribution is -0.132. The summed E-state index contributed by atoms with van der Waals surface area (Å²) in [5, 5.41) is 11.6. The molecule has 0 unspecified atom stereocenters. The third kappa shape index (κ3) is 4.38. The van der Waals surface area contributed by atoms with Crippen LogP contribution in [0.4, 0.5) is 5.13 Å². The number of methoxy groups -OCH3 is 2. The quantitative estimate of drug-likeness (QED) is 0.201. The number of hydrogen-bond acceptors (Lipinski definition) is 8. The molecule has 1 atom stereocenters. The van der Waals surface area contributed by atoms with E-state index in [0.717, 1.165) is 4.70 Å². The molecule has 1 fully saturated rings. The maximum atomic E-state index is 13.4. The Morgan fingerprint density at radius 1 is 0.946 bits per heavy atom. The van der Waals surface area contributed by atoms with Crippen LogP contribution in [0.1, 0.15) is 24.1 Å². The number of carbonyl (C=O) groups is 2. The Labute approximate surface area is 217 Å². The third-order valence-corrected chi connectivity index (χ3v) is 7.12. The third-order valence-electron chi connectivity index (χ3n) is 6.11. The smallest absolute Gasteiger partial charge is 0.301 e. The molecule has 37 heavy (non-hydrogen) atoms. The number of carbonyl (C=O) groups excluding carboxylic acids is 2. The van der Waals surface area contributed by atoms with Gasteiger partial charge in [0.1, 0.15) is 23.0 Å². The molecule has 0 bridgehead atoms. The van der Waals surface area contributed by atoms with E-state index in [9.17, 15) is 14.7 Å². The van der Waals surface area contributed by atoms with E-state index in [-0.39, 0.29) is 11.3 Å². The molecule has 4 aromatic rings. The topological polar surface area (TPSA) is 98.2 Å². The molecule has 5 rings (SSSR count). The lowest BCUT2D eigenvalue weighted by atomic mass is 9.95. The van der Waals surface area contributed by atoms with Crippen molar-refractivity contribution in [2.24, 2.45) is 0 Å². The SMILES string of the molecule is CCOc1ccc2nc(N3C(=O)C(=O)/C(=C(/O)c4ccc(OC)cc4)[C@H]3c3ccc(OC)cc3)sc2c1. The summed E-state index contributed by atoms with van der Waals surface area (Å²) in [6.07, 6.45) is 0. The standard InChI is InChI=1S/C28H24N2O6S/c1-4-36-20-13-14-21-22(15-20)37-28(29-21)30-24(16-5-9-18(34-2)10-6-16)23(26(32)27(30)33)25(31)17-7-11-19(35-3)12-8-17/h5-15,24,31H,4H2,1-3H3/b25-23+/t24-/m1/s1. The zero-order valence-electron chi connectivity index (χ0n) is 20.4. The van der Waals surface area contributed by atoms with Crippen molar-refractivity contribution < 1.29 is 28.9 Å². The lowest BCUT2D eigenvalue weighted by Gasteiger charge is -2.23. The summed E-state index contributed by atoms with van der Waals surface area (Å²) in [5.41, 5.74) is 1.68. The fraction of sp³-hybridized carbons (Fsp3) is 0.179. The van der Waals surface area contributed by atoms with Crippen molar-refractivity contribution in [3.05, 3.63) is 83.4 Å². The van der Waals surface area contributed by atoms with Crippen LogP contribution < -0.4 is 19.1 Å². The maximum absolute atomic E-state index is 13.4. The van der Waals surface area contributed by atoms with Crippen molar-refractivity contribution in [2.75, 3.05) is 25.7 Å². The van der Waals surface area contributed by atoms with Crippen molar-refractivity contribution in [1.29, 1.82) is 0 Å². The molecule has 9 heteroatoms. The molecule has 1 saturated heterocycles. The van der Waals surface area contributed by atoms with Crippen LogP contribution in [0.15, 0.2) is 72.3 Å². The van der Waals surface area contributed by atoms with E-state index in [1.54, 1.807) is 62.8 Å². The molecule has 1 aromatic heterocycles. The largest absolute Gasteiger partial charge is 0.507 e. The van der Waals surface area contributed by atoms with Gasteiger partial charge in [-0.05, 0) is 67.1 Å². The number of aromatic nitrogens is 1. The van der Waals surface area contributed by atoms with Crippen LogP contribution in [0, 0.1) is 0 Å². The number of Topliss-reactive ketones (excluding diaryl/α,β-unsaturated/α-hetero) is 1. The Hall–Kier alpha value is -4.37. The van der Waals surface area contributed by atoms with Crippen LogP contribution in [0.5, 0.6) is 17.2 Å². The van der Waals surface area contributed by atoms with Crippen molar-refractivity contribution in [3.63, 3.8) is 0 Å². The molecule has 1 N–H and O–H groups in total. The average Bonchev–Trinajstić information content (AvgIpc) is 3.46. The molecule has 0 saturated carbocycles. The number of aliphatic hydroxyl groups excluding tert-OH is 1. The summed E-state index contributed by atoms with van der Waals surface area (Å²) < 4.78 is 16.9. The van der Waals surface area contributed by atoms with Gasteiger partial charge in [0.2, 0.25) is 0 Å². The number of benzene rings is 3. The fourth-order valence-electron chi connectivity index (χ4n) is 4.29. The fourth-order valence-corrected chi connectivity index (χ4v) is 5.31. The maximum Gasteiger partial charge on any atom is 0.301 e. The van der Waals surface area contributed by atoms with Gasteiger partial charge in [0.15, 0.2) is 5.13 Å². The van der Waals surface area contributed by atoms with E-state index >= 15 is 0 Å². The number of ketones is 1. The summed E-state index contributed by atoms with van der Waals surface area (Å²) in [6, 6.07) is 18.3. The first-order valence-electron chi connectivity index (χ1n) is 11.6. The second-order valence-corrected chi connectivity index (χ2v) is 9.24. The molecule has 2 heterocycles. The second kappa shape index (κ2) is 9.94. The molecule has 1 aliphatic rings. The van der Waals surface area contributed by atoms with E-state index in [4.69, 9.17) is 14.2 Å². The van der Waals surface area contributed by atoms with E-state index in [0.29, 0.717) is 45.6 Å². The highest BCUT2D eigenvalue weighted by Gasteiger charge is 2.48. The van der Waals surface area contributed by atoms with Gasteiger partial charge >= 0.3 is 5.91 Å². The van der Waals surface area contributed by atoms with Crippen LogP contribution in [-0.4, -0.2) is 42.6 Å². The van der Waals surface area contributed by atoms with Crippen molar-refractivity contribution in [1.82, 2.24) is 4.98 Å². The molecule has 0 radical (unpaired) electrons. The Bertz CT molecular complexity index is 1510. The molecule has 8 nitrogen and oxygen atoms in total. The summed E-state index contributed by atoms with van der Waals surface area (Å²) >= 11 is 1.28. The van der Waals surface area contributed by atoms with Gasteiger partial charge in [0.25, 0.3) is 5.78 Å². The van der Waals surface area contributed by atoms with Crippen LogP contribution >= 0.6 is 11.3 Å². The van der Waals surface area contributed by atoms with E-state index in [1.807, 2.05) is 25.1 Å². The summed E-state index contributed by atoms with van der Waals surface area (Å²) in [6.45, 7) is 2.42. The minimum absolute atomic E-state index is 0.0189. The number of nitrogens with zero attached hydrogens (tertiary/aromatic N) is 2. The van der Waals surface area contributed by atoms with Gasteiger partial charge in [-0.2, -0.15) is 0 Å². The summed E-state index contributed by atoms with van der Waals surface area (Å²) in [7, 11) is 3.10. The molecule has 1 amide bonds. The lowest BCUT2D eigenvalue weighted by Crippen LogP contribution is -2.29. The number of thiazole rings is 1. The number of rotatable bonds is 7. The Balaban J connectivity index is 1.67. The number of hydrogen-bond donors (Lipinski definition) is 1. The van der Waals surface area contributed by atoms with Gasteiger partial charge in [-0.15, -0.1) is 0 Å². The number of aliphatic hydroxyl groups is 1. The number of fused-ring (bicyclic) bond motifs is 1. The number of ether oxygens (including phenoxy) is 3. The number of amides is 1. The van der Waals surface area contributed by atoms with Crippen molar-refractivity contribution in [3.8, 4) is 17.2 Å². The van der Waals surface area contributed by atoms with E-state index in [2.05, 4.69) is 4.98 Å². The van der Waals surface area contributed by atoms with Gasteiger partial charge in [-0.3, -0.25) is 14.5 Å². The minimum Gasteiger partial charge on any atom is -0.507 e. The predicted octanol–water partition coefficient (Wildman–Crippen LogP) is 5.34. The number of anilines is 1. The monoisotopic (exact) mass is 516 g/mol. The molecule has 0 aliphatic carbocycles. The zero-order chi connectivity index (χ0) is 26.1. The van der Waals surface area contributed by atoms with Crippen LogP contribution in [0.25, 0.3) is 16.0 Å². The van der Waals surface area contributed by atoms with Crippen LogP contribution in [0.3, 0.4) is 0 Å². The van der Waals surface area contributed by atoms with Gasteiger partial charge in [0.05, 0.1) is 42.7 Å². The Morgan fingerprint density at radius 3 is 2.19 bits per heavy atom. The van der Waals surface area contributed by atoms with Gasteiger partial charge in [0, 0.05) is 5.56 Å². The van der Waals surface area contributed by atoms with Gasteiger partial charge < -0.3 is 19.3 Å². The van der Waals surface area contributed by atoms with Crippen LogP contribution in [-0.2, 0) is 9.59 Å². The highest BCUT2D eigenvalue weighted by Crippen LogP contribution is 2.45. The molecule has 0 spiro atoms. The Kier molecular flexibility index (Phi) is 6.54. The van der Waals surface area contributed by atoms with Crippen molar-refractivity contribution in [2.45, 2.75) is 13.0 Å². The molecule has 1 aliphatic heterocycles. The van der Waals surface area contributed by atoms with Gasteiger partial charge in [-0.25, -0.2) is 4.98 Å². The van der Waals surface area contributed by atoms with Crippen LogP contribution in [0.2, 0.25) is 0 Å². The molecular formula is C28H24N2O6S.